The summed E-state index contributed by atoms with van der Waals surface area (Å²) in [6.45, 7) is 0. The highest BCUT2D eigenvalue weighted by Crippen LogP contribution is 2.29. The molecule has 0 saturated heterocycles. The summed E-state index contributed by atoms with van der Waals surface area (Å²) in [5.74, 6) is 0. The highest BCUT2D eigenvalue weighted by Gasteiger charge is 2.32. The first kappa shape index (κ1) is 10.2. The second-order valence-corrected chi connectivity index (χ2v) is 4.01. The smallest absolute Gasteiger partial charge is 0.237 e. The first-order valence-corrected chi connectivity index (χ1v) is 4.67. The van der Waals surface area contributed by atoms with Gasteiger partial charge in [0.05, 0.1) is 0 Å². The van der Waals surface area contributed by atoms with Crippen LogP contribution in [0.15, 0.2) is 16.6 Å². The van der Waals surface area contributed by atoms with E-state index in [1.165, 1.54) is 6.07 Å². The van der Waals surface area contributed by atoms with E-state index in [1.54, 1.807) is 22.6 Å². The Morgan fingerprint density at radius 3 is 2.33 bits per heavy atom. The summed E-state index contributed by atoms with van der Waals surface area (Å²) in [6.07, 6.45) is -4.37. The largest absolute Gasteiger partial charge is 0.433 e. The lowest BCUT2D eigenvalue weighted by Crippen LogP contribution is -2.08. The number of rotatable bonds is 0. The SMILES string of the molecule is FC(F)(F)c1cc(Br)cc(I)n1. The minimum Gasteiger partial charge on any atom is -0.237 e. The van der Waals surface area contributed by atoms with Crippen LogP contribution in [0.1, 0.15) is 5.69 Å². The summed E-state index contributed by atoms with van der Waals surface area (Å²) in [6, 6.07) is 2.46. The average Bonchev–Trinajstić information content (AvgIpc) is 1.82. The van der Waals surface area contributed by atoms with E-state index in [0.29, 0.717) is 8.17 Å². The molecule has 1 rings (SSSR count). The maximum atomic E-state index is 12.1. The van der Waals surface area contributed by atoms with Crippen molar-refractivity contribution in [3.05, 3.63) is 26.0 Å². The number of hydrogen-bond donors (Lipinski definition) is 0. The normalized spacial score (nSPS) is 11.8. The standard InChI is InChI=1S/C6H2BrF3IN/c7-3-1-4(6(8,9)10)12-5(11)2-3/h1-2H. The van der Waals surface area contributed by atoms with Gasteiger partial charge in [0.1, 0.15) is 9.39 Å². The molecule has 0 amide bonds. The molecule has 0 saturated carbocycles. The molecule has 1 aromatic heterocycles. The van der Waals surface area contributed by atoms with Gasteiger partial charge in [-0.25, -0.2) is 4.98 Å². The van der Waals surface area contributed by atoms with Crippen LogP contribution in [-0.4, -0.2) is 4.98 Å². The lowest BCUT2D eigenvalue weighted by atomic mass is 10.3. The van der Waals surface area contributed by atoms with Crippen LogP contribution >= 0.6 is 38.5 Å². The third-order valence-electron chi connectivity index (χ3n) is 1.05. The highest BCUT2D eigenvalue weighted by atomic mass is 127. The maximum Gasteiger partial charge on any atom is 0.433 e. The van der Waals surface area contributed by atoms with Crippen LogP contribution in [0.2, 0.25) is 0 Å². The van der Waals surface area contributed by atoms with E-state index >= 15 is 0 Å². The number of hydrogen-bond acceptors (Lipinski definition) is 1. The van der Waals surface area contributed by atoms with Gasteiger partial charge in [0.25, 0.3) is 0 Å². The lowest BCUT2D eigenvalue weighted by molar-refractivity contribution is -0.141. The van der Waals surface area contributed by atoms with Crippen LogP contribution in [0.4, 0.5) is 13.2 Å². The van der Waals surface area contributed by atoms with Gasteiger partial charge in [0, 0.05) is 4.47 Å². The molecule has 1 aromatic rings. The predicted molar refractivity (Wildman–Crippen MR) is 49.7 cm³/mol. The third kappa shape index (κ3) is 2.58. The van der Waals surface area contributed by atoms with Gasteiger partial charge in [-0.2, -0.15) is 13.2 Å². The fraction of sp³-hybridized carbons (Fsp3) is 0.167. The number of pyridine rings is 1. The summed E-state index contributed by atoms with van der Waals surface area (Å²) in [4.78, 5) is 3.34. The molecule has 0 unspecified atom stereocenters. The van der Waals surface area contributed by atoms with Crippen molar-refractivity contribution in [2.45, 2.75) is 6.18 Å². The van der Waals surface area contributed by atoms with Crippen LogP contribution in [0, 0.1) is 3.70 Å². The molecule has 0 aliphatic rings. The molecule has 0 aliphatic carbocycles. The lowest BCUT2D eigenvalue weighted by Gasteiger charge is -2.05. The van der Waals surface area contributed by atoms with E-state index in [0.717, 1.165) is 6.07 Å². The predicted octanol–water partition coefficient (Wildman–Crippen LogP) is 3.47. The quantitative estimate of drug-likeness (QED) is 0.515. The molecular formula is C6H2BrF3IN. The van der Waals surface area contributed by atoms with Crippen LogP contribution in [0.25, 0.3) is 0 Å². The number of halogens is 5. The van der Waals surface area contributed by atoms with E-state index in [2.05, 4.69) is 20.9 Å². The minimum absolute atomic E-state index is 0.314. The Morgan fingerprint density at radius 2 is 1.92 bits per heavy atom. The number of nitrogens with zero attached hydrogens (tertiary/aromatic N) is 1. The summed E-state index contributed by atoms with van der Waals surface area (Å²) >= 11 is 4.69. The highest BCUT2D eigenvalue weighted by molar-refractivity contribution is 14.1. The van der Waals surface area contributed by atoms with Crippen molar-refractivity contribution in [3.63, 3.8) is 0 Å². The van der Waals surface area contributed by atoms with E-state index < -0.39 is 11.9 Å². The molecule has 1 heterocycles. The Hall–Kier alpha value is 0.150. The van der Waals surface area contributed by atoms with Gasteiger partial charge in [0.15, 0.2) is 0 Å². The fourth-order valence-electron chi connectivity index (χ4n) is 0.611. The van der Waals surface area contributed by atoms with Gasteiger partial charge < -0.3 is 0 Å². The van der Waals surface area contributed by atoms with Crippen molar-refractivity contribution >= 4 is 38.5 Å². The molecule has 66 valence electrons. The Kier molecular flexibility index (Phi) is 2.97. The zero-order valence-electron chi connectivity index (χ0n) is 5.49. The molecule has 0 N–H and O–H groups in total. The molecule has 0 aromatic carbocycles. The molecular weight excluding hydrogens is 350 g/mol. The number of alkyl halides is 3. The summed E-state index contributed by atoms with van der Waals surface area (Å²) in [5.41, 5.74) is -0.874. The van der Waals surface area contributed by atoms with Gasteiger partial charge in [0.2, 0.25) is 0 Å². The zero-order chi connectivity index (χ0) is 9.35. The monoisotopic (exact) mass is 351 g/mol. The van der Waals surface area contributed by atoms with Gasteiger partial charge in [-0.05, 0) is 34.7 Å². The molecule has 0 atom stereocenters. The third-order valence-corrected chi connectivity index (χ3v) is 2.06. The Labute approximate surface area is 88.6 Å². The van der Waals surface area contributed by atoms with Crippen LogP contribution in [-0.2, 0) is 6.18 Å². The Bertz CT molecular complexity index is 279. The van der Waals surface area contributed by atoms with Crippen molar-refractivity contribution < 1.29 is 13.2 Å². The summed E-state index contributed by atoms with van der Waals surface area (Å²) in [5, 5.41) is 0. The van der Waals surface area contributed by atoms with E-state index in [-0.39, 0.29) is 0 Å². The fourth-order valence-corrected chi connectivity index (χ4v) is 2.07. The molecule has 6 heteroatoms. The summed E-state index contributed by atoms with van der Waals surface area (Å²) in [7, 11) is 0. The van der Waals surface area contributed by atoms with Crippen molar-refractivity contribution in [2.75, 3.05) is 0 Å². The molecule has 0 bridgehead atoms. The second-order valence-electron chi connectivity index (χ2n) is 1.99. The van der Waals surface area contributed by atoms with E-state index in [1.807, 2.05) is 0 Å². The molecule has 0 aliphatic heterocycles. The molecule has 1 nitrogen and oxygen atoms in total. The Balaban J connectivity index is 3.18. The van der Waals surface area contributed by atoms with Gasteiger partial charge >= 0.3 is 6.18 Å². The van der Waals surface area contributed by atoms with Crippen molar-refractivity contribution in [2.24, 2.45) is 0 Å². The van der Waals surface area contributed by atoms with Gasteiger partial charge in [-0.3, -0.25) is 0 Å². The molecule has 12 heavy (non-hydrogen) atoms. The van der Waals surface area contributed by atoms with Crippen molar-refractivity contribution in [1.82, 2.24) is 4.98 Å². The van der Waals surface area contributed by atoms with Crippen molar-refractivity contribution in [1.29, 1.82) is 0 Å². The van der Waals surface area contributed by atoms with Gasteiger partial charge in [-0.15, -0.1) is 0 Å². The first-order chi connectivity index (χ1) is 5.39. The van der Waals surface area contributed by atoms with E-state index in [4.69, 9.17) is 0 Å². The maximum absolute atomic E-state index is 12.1. The first-order valence-electron chi connectivity index (χ1n) is 2.80. The molecule has 0 fully saturated rings. The Morgan fingerprint density at radius 1 is 1.33 bits per heavy atom. The molecule has 0 spiro atoms. The van der Waals surface area contributed by atoms with Crippen LogP contribution in [0.5, 0.6) is 0 Å². The molecule has 0 radical (unpaired) electrons. The van der Waals surface area contributed by atoms with Crippen molar-refractivity contribution in [3.8, 4) is 0 Å². The van der Waals surface area contributed by atoms with Gasteiger partial charge in [-0.1, -0.05) is 15.9 Å². The zero-order valence-corrected chi connectivity index (χ0v) is 9.24. The topological polar surface area (TPSA) is 12.9 Å². The number of aromatic nitrogens is 1. The second kappa shape index (κ2) is 3.49. The van der Waals surface area contributed by atoms with Crippen LogP contribution in [0.3, 0.4) is 0 Å². The average molecular weight is 352 g/mol. The van der Waals surface area contributed by atoms with Crippen LogP contribution < -0.4 is 0 Å². The minimum atomic E-state index is -4.37. The van der Waals surface area contributed by atoms with E-state index in [9.17, 15) is 13.2 Å². The summed E-state index contributed by atoms with van der Waals surface area (Å²) < 4.78 is 36.9.